The van der Waals surface area contributed by atoms with E-state index < -0.39 is 0 Å². The van der Waals surface area contributed by atoms with E-state index in [0.717, 1.165) is 28.6 Å². The SMILES string of the molecule is COc1ccc(N)c(Nc2ccc3c(c2)OCO3)c1. The summed E-state index contributed by atoms with van der Waals surface area (Å²) in [5, 5.41) is 3.24. The van der Waals surface area contributed by atoms with Crippen LogP contribution in [0.1, 0.15) is 0 Å². The molecule has 1 aliphatic heterocycles. The number of nitrogen functional groups attached to an aromatic ring is 1. The normalized spacial score (nSPS) is 12.3. The van der Waals surface area contributed by atoms with E-state index in [1.165, 1.54) is 0 Å². The van der Waals surface area contributed by atoms with E-state index in [1.807, 2.05) is 30.3 Å². The Hall–Kier alpha value is -2.56. The van der Waals surface area contributed by atoms with Crippen LogP contribution in [-0.4, -0.2) is 13.9 Å². The molecule has 0 unspecified atom stereocenters. The van der Waals surface area contributed by atoms with Gasteiger partial charge in [-0.2, -0.15) is 0 Å². The van der Waals surface area contributed by atoms with Crippen LogP contribution in [0.2, 0.25) is 0 Å². The molecule has 0 saturated carbocycles. The summed E-state index contributed by atoms with van der Waals surface area (Å²) in [6.45, 7) is 0.264. The third kappa shape index (κ3) is 2.22. The lowest BCUT2D eigenvalue weighted by molar-refractivity contribution is 0.174. The van der Waals surface area contributed by atoms with Crippen molar-refractivity contribution in [2.24, 2.45) is 0 Å². The molecule has 0 aliphatic carbocycles. The molecule has 2 aromatic carbocycles. The molecule has 0 atom stereocenters. The molecule has 3 rings (SSSR count). The first-order valence-corrected chi connectivity index (χ1v) is 5.86. The second-order valence-corrected chi connectivity index (χ2v) is 4.15. The van der Waals surface area contributed by atoms with Gasteiger partial charge < -0.3 is 25.3 Å². The van der Waals surface area contributed by atoms with Crippen molar-refractivity contribution in [3.05, 3.63) is 36.4 Å². The summed E-state index contributed by atoms with van der Waals surface area (Å²) >= 11 is 0. The average Bonchev–Trinajstić information content (AvgIpc) is 2.89. The van der Waals surface area contributed by atoms with Crippen molar-refractivity contribution >= 4 is 17.1 Å². The summed E-state index contributed by atoms with van der Waals surface area (Å²) in [4.78, 5) is 0. The Labute approximate surface area is 110 Å². The van der Waals surface area contributed by atoms with E-state index in [9.17, 15) is 0 Å². The van der Waals surface area contributed by atoms with Crippen LogP contribution in [0.15, 0.2) is 36.4 Å². The topological polar surface area (TPSA) is 65.7 Å². The molecule has 0 radical (unpaired) electrons. The summed E-state index contributed by atoms with van der Waals surface area (Å²) in [5.74, 6) is 2.23. The smallest absolute Gasteiger partial charge is 0.231 e. The molecule has 0 saturated heterocycles. The van der Waals surface area contributed by atoms with Crippen molar-refractivity contribution in [3.8, 4) is 17.2 Å². The first-order chi connectivity index (χ1) is 9.26. The maximum Gasteiger partial charge on any atom is 0.231 e. The Morgan fingerprint density at radius 2 is 1.95 bits per heavy atom. The molecule has 5 heteroatoms. The number of benzene rings is 2. The van der Waals surface area contributed by atoms with Crippen molar-refractivity contribution in [3.63, 3.8) is 0 Å². The number of hydrogen-bond donors (Lipinski definition) is 2. The lowest BCUT2D eigenvalue weighted by Crippen LogP contribution is -1.97. The maximum absolute atomic E-state index is 5.93. The van der Waals surface area contributed by atoms with Gasteiger partial charge >= 0.3 is 0 Å². The van der Waals surface area contributed by atoms with Crippen molar-refractivity contribution in [2.75, 3.05) is 25.0 Å². The van der Waals surface area contributed by atoms with Gasteiger partial charge in [0, 0.05) is 17.8 Å². The molecule has 0 fully saturated rings. The highest BCUT2D eigenvalue weighted by molar-refractivity contribution is 5.75. The number of hydrogen-bond acceptors (Lipinski definition) is 5. The van der Waals surface area contributed by atoms with Gasteiger partial charge in [-0.1, -0.05) is 0 Å². The minimum atomic E-state index is 0.264. The van der Waals surface area contributed by atoms with E-state index in [-0.39, 0.29) is 6.79 Å². The van der Waals surface area contributed by atoms with Crippen molar-refractivity contribution < 1.29 is 14.2 Å². The molecule has 0 spiro atoms. The average molecular weight is 258 g/mol. The fourth-order valence-electron chi connectivity index (χ4n) is 1.90. The van der Waals surface area contributed by atoms with Gasteiger partial charge in [0.25, 0.3) is 0 Å². The number of methoxy groups -OCH3 is 1. The standard InChI is InChI=1S/C14H14N2O3/c1-17-10-3-4-11(15)12(7-10)16-9-2-5-13-14(6-9)19-8-18-13/h2-7,16H,8,15H2,1H3. The summed E-state index contributed by atoms with van der Waals surface area (Å²) in [6, 6.07) is 11.1. The summed E-state index contributed by atoms with van der Waals surface area (Å²) in [7, 11) is 1.62. The lowest BCUT2D eigenvalue weighted by atomic mass is 10.2. The minimum Gasteiger partial charge on any atom is -0.497 e. The second kappa shape index (κ2) is 4.61. The molecule has 98 valence electrons. The quantitative estimate of drug-likeness (QED) is 0.829. The number of anilines is 3. The van der Waals surface area contributed by atoms with Crippen LogP contribution in [0.4, 0.5) is 17.1 Å². The van der Waals surface area contributed by atoms with Crippen molar-refractivity contribution in [1.82, 2.24) is 0 Å². The molecular formula is C14H14N2O3. The van der Waals surface area contributed by atoms with Gasteiger partial charge in [-0.3, -0.25) is 0 Å². The van der Waals surface area contributed by atoms with Crippen LogP contribution in [0.3, 0.4) is 0 Å². The van der Waals surface area contributed by atoms with Crippen LogP contribution < -0.4 is 25.3 Å². The number of nitrogens with two attached hydrogens (primary N) is 1. The lowest BCUT2D eigenvalue weighted by Gasteiger charge is -2.11. The number of rotatable bonds is 3. The van der Waals surface area contributed by atoms with E-state index in [2.05, 4.69) is 5.32 Å². The van der Waals surface area contributed by atoms with Gasteiger partial charge in [0.15, 0.2) is 11.5 Å². The predicted octanol–water partition coefficient (Wildman–Crippen LogP) is 2.75. The largest absolute Gasteiger partial charge is 0.497 e. The Bertz CT molecular complexity index is 614. The van der Waals surface area contributed by atoms with Gasteiger partial charge in [0.05, 0.1) is 18.5 Å². The molecule has 0 bridgehead atoms. The number of nitrogens with one attached hydrogen (secondary N) is 1. The fraction of sp³-hybridized carbons (Fsp3) is 0.143. The highest BCUT2D eigenvalue weighted by atomic mass is 16.7. The summed E-state index contributed by atoms with van der Waals surface area (Å²) in [5.41, 5.74) is 8.25. The molecule has 1 aliphatic rings. The zero-order chi connectivity index (χ0) is 13.2. The molecular weight excluding hydrogens is 244 g/mol. The Balaban J connectivity index is 1.88. The fourth-order valence-corrected chi connectivity index (χ4v) is 1.90. The van der Waals surface area contributed by atoms with Gasteiger partial charge in [-0.05, 0) is 24.3 Å². The zero-order valence-electron chi connectivity index (χ0n) is 10.5. The monoisotopic (exact) mass is 258 g/mol. The number of ether oxygens (including phenoxy) is 3. The molecule has 0 aromatic heterocycles. The van der Waals surface area contributed by atoms with Crippen molar-refractivity contribution in [1.29, 1.82) is 0 Å². The summed E-state index contributed by atoms with van der Waals surface area (Å²) in [6.07, 6.45) is 0. The van der Waals surface area contributed by atoms with Gasteiger partial charge in [0.2, 0.25) is 6.79 Å². The van der Waals surface area contributed by atoms with Crippen molar-refractivity contribution in [2.45, 2.75) is 0 Å². The highest BCUT2D eigenvalue weighted by Crippen LogP contribution is 2.36. The zero-order valence-corrected chi connectivity index (χ0v) is 10.5. The predicted molar refractivity (Wildman–Crippen MR) is 73.3 cm³/mol. The Kier molecular flexibility index (Phi) is 2.79. The van der Waals surface area contributed by atoms with Crippen LogP contribution >= 0.6 is 0 Å². The molecule has 3 N–H and O–H groups in total. The van der Waals surface area contributed by atoms with E-state index in [4.69, 9.17) is 19.9 Å². The molecule has 0 amide bonds. The minimum absolute atomic E-state index is 0.264. The van der Waals surface area contributed by atoms with Crippen LogP contribution in [0, 0.1) is 0 Å². The van der Waals surface area contributed by atoms with Crippen LogP contribution in [-0.2, 0) is 0 Å². The molecule has 1 heterocycles. The Morgan fingerprint density at radius 1 is 1.11 bits per heavy atom. The second-order valence-electron chi connectivity index (χ2n) is 4.15. The van der Waals surface area contributed by atoms with E-state index in [0.29, 0.717) is 5.69 Å². The van der Waals surface area contributed by atoms with Gasteiger partial charge in [-0.15, -0.1) is 0 Å². The molecule has 5 nitrogen and oxygen atoms in total. The maximum atomic E-state index is 5.93. The first-order valence-electron chi connectivity index (χ1n) is 5.86. The van der Waals surface area contributed by atoms with Crippen LogP contribution in [0.25, 0.3) is 0 Å². The Morgan fingerprint density at radius 3 is 2.79 bits per heavy atom. The van der Waals surface area contributed by atoms with Gasteiger partial charge in [-0.25, -0.2) is 0 Å². The molecule has 19 heavy (non-hydrogen) atoms. The third-order valence-corrected chi connectivity index (χ3v) is 2.91. The summed E-state index contributed by atoms with van der Waals surface area (Å²) < 4.78 is 15.8. The van der Waals surface area contributed by atoms with Gasteiger partial charge in [0.1, 0.15) is 5.75 Å². The molecule has 2 aromatic rings. The third-order valence-electron chi connectivity index (χ3n) is 2.91. The van der Waals surface area contributed by atoms with E-state index in [1.54, 1.807) is 13.2 Å². The number of fused-ring (bicyclic) bond motifs is 1. The highest BCUT2D eigenvalue weighted by Gasteiger charge is 2.13. The first kappa shape index (κ1) is 11.5. The van der Waals surface area contributed by atoms with Crippen LogP contribution in [0.5, 0.6) is 17.2 Å². The van der Waals surface area contributed by atoms with E-state index >= 15 is 0 Å².